The second-order valence-electron chi connectivity index (χ2n) is 16.4. The van der Waals surface area contributed by atoms with Gasteiger partial charge in [0.05, 0.1) is 17.4 Å². The van der Waals surface area contributed by atoms with E-state index in [9.17, 15) is 24.0 Å². The maximum Gasteiger partial charge on any atom is 0.255 e. The number of benzene rings is 3. The van der Waals surface area contributed by atoms with Crippen molar-refractivity contribution in [2.75, 3.05) is 42.2 Å². The summed E-state index contributed by atoms with van der Waals surface area (Å²) in [6, 6.07) is 20.7. The van der Waals surface area contributed by atoms with Crippen LogP contribution >= 0.6 is 11.6 Å². The molecular weight excluding hydrogens is 820 g/mol. The van der Waals surface area contributed by atoms with Crippen LogP contribution in [0.4, 0.5) is 28.8 Å². The molecule has 4 heterocycles. The number of halogens is 1. The van der Waals surface area contributed by atoms with Crippen molar-refractivity contribution in [2.45, 2.75) is 82.5 Å². The Kier molecular flexibility index (Phi) is 13.5. The van der Waals surface area contributed by atoms with Crippen LogP contribution < -0.4 is 36.8 Å². The van der Waals surface area contributed by atoms with Gasteiger partial charge in [-0.25, -0.2) is 4.98 Å². The fourth-order valence-corrected chi connectivity index (χ4v) is 8.91. The predicted molar refractivity (Wildman–Crippen MR) is 241 cm³/mol. The number of para-hydroxylation sites is 1. The summed E-state index contributed by atoms with van der Waals surface area (Å²) in [6.07, 6.45) is 8.25. The molecule has 8 rings (SSSR count). The molecule has 0 spiro atoms. The molecule has 63 heavy (non-hydrogen) atoms. The van der Waals surface area contributed by atoms with Crippen molar-refractivity contribution in [3.05, 3.63) is 100 Å². The van der Waals surface area contributed by atoms with E-state index in [0.717, 1.165) is 80.7 Å². The van der Waals surface area contributed by atoms with E-state index in [1.807, 2.05) is 30.3 Å². The van der Waals surface area contributed by atoms with Gasteiger partial charge in [0.15, 0.2) is 5.82 Å². The summed E-state index contributed by atoms with van der Waals surface area (Å²) in [4.78, 5) is 75.3. The molecule has 6 N–H and O–H groups in total. The molecule has 1 atom stereocenters. The lowest BCUT2D eigenvalue weighted by Gasteiger charge is -2.35. The monoisotopic (exact) mass is 870 g/mol. The van der Waals surface area contributed by atoms with E-state index in [4.69, 9.17) is 11.6 Å². The van der Waals surface area contributed by atoms with Crippen LogP contribution in [0, 0.1) is 17.8 Å². The Morgan fingerprint density at radius 2 is 1.67 bits per heavy atom. The summed E-state index contributed by atoms with van der Waals surface area (Å²) >= 11 is 6.41. The van der Waals surface area contributed by atoms with Crippen LogP contribution in [0.25, 0.3) is 0 Å². The molecule has 15 nitrogen and oxygen atoms in total. The normalized spacial score (nSPS) is 20.0. The number of fused-ring (bicyclic) bond motifs is 1. The topological polar surface area (TPSA) is 190 Å². The second kappa shape index (κ2) is 19.7. The van der Waals surface area contributed by atoms with Crippen molar-refractivity contribution in [3.63, 3.8) is 0 Å². The van der Waals surface area contributed by atoms with Crippen molar-refractivity contribution in [2.24, 2.45) is 5.92 Å². The first-order chi connectivity index (χ1) is 30.6. The number of rotatable bonds is 12. The first kappa shape index (κ1) is 43.2. The lowest BCUT2D eigenvalue weighted by atomic mass is 9.89. The molecule has 3 fully saturated rings. The predicted octanol–water partition coefficient (Wildman–Crippen LogP) is 5.41. The van der Waals surface area contributed by atoms with Crippen molar-refractivity contribution < 1.29 is 24.0 Å². The van der Waals surface area contributed by atoms with Gasteiger partial charge in [0.1, 0.15) is 11.1 Å². The van der Waals surface area contributed by atoms with E-state index in [1.165, 1.54) is 6.20 Å². The highest BCUT2D eigenvalue weighted by molar-refractivity contribution is 6.33. The lowest BCUT2D eigenvalue weighted by Crippen LogP contribution is -2.52. The number of hydrogen-bond donors (Lipinski definition) is 6. The third-order valence-electron chi connectivity index (χ3n) is 12.3. The summed E-state index contributed by atoms with van der Waals surface area (Å²) in [5.41, 5.74) is 5.19. The number of anilines is 5. The minimum absolute atomic E-state index is 0.000211. The molecule has 3 aliphatic heterocycles. The summed E-state index contributed by atoms with van der Waals surface area (Å²) < 4.78 is 0. The number of piperidine rings is 2. The van der Waals surface area contributed by atoms with E-state index >= 15 is 0 Å². The summed E-state index contributed by atoms with van der Waals surface area (Å²) in [7, 11) is 1.58. The summed E-state index contributed by atoms with van der Waals surface area (Å²) in [5.74, 6) is 6.22. The average molecular weight is 871 g/mol. The average Bonchev–Trinajstić information content (AvgIpc) is 3.62. The molecule has 5 amide bonds. The lowest BCUT2D eigenvalue weighted by molar-refractivity contribution is -0.137. The molecule has 1 aromatic heterocycles. The molecule has 1 saturated carbocycles. The molecule has 3 aromatic carbocycles. The highest BCUT2D eigenvalue weighted by Crippen LogP contribution is 2.31. The van der Waals surface area contributed by atoms with E-state index in [2.05, 4.69) is 70.7 Å². The third-order valence-corrected chi connectivity index (χ3v) is 12.5. The Bertz CT molecular complexity index is 2440. The van der Waals surface area contributed by atoms with Gasteiger partial charge in [0, 0.05) is 86.6 Å². The number of nitrogens with one attached hydrogen (secondary N) is 6. The van der Waals surface area contributed by atoms with Crippen LogP contribution in [0.5, 0.6) is 0 Å². The van der Waals surface area contributed by atoms with Crippen molar-refractivity contribution in [1.82, 2.24) is 36.1 Å². The standard InChI is InChI=1S/C47H51ClN10O5/c1-49-44(61)37-7-2-3-8-39(37)54-42-38(48)27-51-47(56-42)53-34-14-16-35(17-15-34)57-24-21-30(22-25-57)43(60)52-33-12-10-32(11-13-33)50-23-5-4-6-29-9-18-36-31(26-29)28-58(46(36)63)40-19-20-41(59)55-45(40)62/h2-3,7-9,14-18,26-27,30,32-33,40,50H,5,10-13,19-25,28H2,1H3,(H,49,61)(H,52,60)(H,55,59,62)(H2,51,53,54,56)/t32-,33+,40?. The first-order valence-electron chi connectivity index (χ1n) is 21.6. The van der Waals surface area contributed by atoms with Crippen LogP contribution in [0.2, 0.25) is 5.02 Å². The Balaban J connectivity index is 0.726. The maximum absolute atomic E-state index is 13.3. The fraction of sp³-hybridized carbons (Fsp3) is 0.383. The number of imide groups is 1. The van der Waals surface area contributed by atoms with Crippen molar-refractivity contribution in [1.29, 1.82) is 0 Å². The van der Waals surface area contributed by atoms with Gasteiger partial charge in [-0.2, -0.15) is 4.98 Å². The molecular formula is C47H51ClN10O5. The Labute approximate surface area is 371 Å². The van der Waals surface area contributed by atoms with Crippen LogP contribution in [0.1, 0.15) is 89.6 Å². The fourth-order valence-electron chi connectivity index (χ4n) is 8.77. The van der Waals surface area contributed by atoms with Crippen molar-refractivity contribution in [3.8, 4) is 11.8 Å². The van der Waals surface area contributed by atoms with Gasteiger partial charge >= 0.3 is 0 Å². The number of carbonyl (C=O) groups is 5. The number of amides is 5. The van der Waals surface area contributed by atoms with Gasteiger partial charge in [-0.1, -0.05) is 35.6 Å². The maximum atomic E-state index is 13.3. The van der Waals surface area contributed by atoms with Crippen molar-refractivity contribution >= 4 is 70.0 Å². The zero-order valence-electron chi connectivity index (χ0n) is 35.1. The summed E-state index contributed by atoms with van der Waals surface area (Å²) in [5, 5.41) is 18.7. The molecule has 0 radical (unpaired) electrons. The minimum Gasteiger partial charge on any atom is -0.371 e. The van der Waals surface area contributed by atoms with Crippen LogP contribution in [-0.4, -0.2) is 89.2 Å². The number of aromatic nitrogens is 2. The van der Waals surface area contributed by atoms with E-state index in [-0.39, 0.29) is 42.0 Å². The highest BCUT2D eigenvalue weighted by atomic mass is 35.5. The number of nitrogens with zero attached hydrogens (tertiary/aromatic N) is 4. The largest absolute Gasteiger partial charge is 0.371 e. The Morgan fingerprint density at radius 1 is 0.905 bits per heavy atom. The smallest absolute Gasteiger partial charge is 0.255 e. The Hall–Kier alpha value is -6.50. The molecule has 1 unspecified atom stereocenters. The first-order valence-corrected chi connectivity index (χ1v) is 22.0. The van der Waals surface area contributed by atoms with Gasteiger partial charge < -0.3 is 36.4 Å². The van der Waals surface area contributed by atoms with Gasteiger partial charge in [-0.15, -0.1) is 0 Å². The van der Waals surface area contributed by atoms with E-state index < -0.39 is 11.9 Å². The third kappa shape index (κ3) is 10.4. The quantitative estimate of drug-likeness (QED) is 0.0607. The molecule has 2 saturated heterocycles. The molecule has 0 bridgehead atoms. The van der Waals surface area contributed by atoms with E-state index in [0.29, 0.717) is 59.0 Å². The van der Waals surface area contributed by atoms with Gasteiger partial charge in [0.25, 0.3) is 11.8 Å². The summed E-state index contributed by atoms with van der Waals surface area (Å²) in [6.45, 7) is 2.70. The molecule has 4 aliphatic rings. The molecule has 4 aromatic rings. The van der Waals surface area contributed by atoms with Gasteiger partial charge in [-0.05, 0) is 105 Å². The SMILES string of the molecule is CNC(=O)c1ccccc1Nc1nc(Nc2ccc(N3CCC(C(=O)N[C@H]4CC[C@@H](NCCC#Cc5ccc6c(c5)CN(C5CCC(=O)NC5=O)C6=O)CC4)CC3)cc2)ncc1Cl. The number of hydrogen-bond acceptors (Lipinski definition) is 11. The molecule has 326 valence electrons. The van der Waals surface area contributed by atoms with Crippen LogP contribution in [-0.2, 0) is 20.9 Å². The second-order valence-corrected chi connectivity index (χ2v) is 16.8. The minimum atomic E-state index is -0.630. The van der Waals surface area contributed by atoms with E-state index in [1.54, 1.807) is 36.2 Å². The highest BCUT2D eigenvalue weighted by Gasteiger charge is 2.39. The number of carbonyl (C=O) groups excluding carboxylic acids is 5. The van der Waals surface area contributed by atoms with Crippen LogP contribution in [0.15, 0.2) is 72.9 Å². The molecule has 16 heteroatoms. The zero-order chi connectivity index (χ0) is 43.9. The zero-order valence-corrected chi connectivity index (χ0v) is 35.9. The van der Waals surface area contributed by atoms with Gasteiger partial charge in [-0.3, -0.25) is 29.3 Å². The van der Waals surface area contributed by atoms with Gasteiger partial charge in [0.2, 0.25) is 23.7 Å². The molecule has 1 aliphatic carbocycles. The Morgan fingerprint density at radius 3 is 2.43 bits per heavy atom. The van der Waals surface area contributed by atoms with Crippen LogP contribution in [0.3, 0.4) is 0 Å².